The van der Waals surface area contributed by atoms with Crippen LogP contribution in [0.3, 0.4) is 0 Å². The molecule has 0 bridgehead atoms. The molecular formula is C19H20F3N5O3. The van der Waals surface area contributed by atoms with Crippen LogP contribution in [0.15, 0.2) is 18.5 Å². The molecule has 3 heterocycles. The average molecular weight is 423 g/mol. The molecule has 1 aliphatic rings. The van der Waals surface area contributed by atoms with E-state index in [9.17, 15) is 22.8 Å². The average Bonchev–Trinajstić information content (AvgIpc) is 3.02. The Kier molecular flexibility index (Phi) is 5.90. The van der Waals surface area contributed by atoms with Gasteiger partial charge in [0, 0.05) is 30.4 Å². The predicted octanol–water partition coefficient (Wildman–Crippen LogP) is 2.59. The number of carbonyl (C=O) groups is 2. The number of nitrogens with zero attached hydrogens (tertiary/aromatic N) is 4. The summed E-state index contributed by atoms with van der Waals surface area (Å²) in [6.45, 7) is 4.10. The number of nitrogens with one attached hydrogen (secondary N) is 1. The summed E-state index contributed by atoms with van der Waals surface area (Å²) in [5.74, 6) is -0.872. The topological polar surface area (TPSA) is 97.3 Å². The van der Waals surface area contributed by atoms with Gasteiger partial charge in [-0.25, -0.2) is 9.97 Å². The first-order valence-corrected chi connectivity index (χ1v) is 9.22. The molecule has 30 heavy (non-hydrogen) atoms. The van der Waals surface area contributed by atoms with Crippen LogP contribution in [0.2, 0.25) is 0 Å². The van der Waals surface area contributed by atoms with Gasteiger partial charge in [-0.05, 0) is 26.8 Å². The molecule has 3 rings (SSSR count). The molecule has 1 aliphatic heterocycles. The molecule has 0 aliphatic carbocycles. The summed E-state index contributed by atoms with van der Waals surface area (Å²) in [5.41, 5.74) is 1.66. The summed E-state index contributed by atoms with van der Waals surface area (Å²) >= 11 is 0. The lowest BCUT2D eigenvalue weighted by Gasteiger charge is -2.24. The summed E-state index contributed by atoms with van der Waals surface area (Å²) in [6.07, 6.45) is -1.79. The second-order valence-electron chi connectivity index (χ2n) is 6.74. The monoisotopic (exact) mass is 423 g/mol. The molecule has 2 amide bonds. The van der Waals surface area contributed by atoms with Gasteiger partial charge in [0.05, 0.1) is 23.6 Å². The molecule has 2 aromatic heterocycles. The van der Waals surface area contributed by atoms with E-state index in [0.29, 0.717) is 23.4 Å². The quantitative estimate of drug-likeness (QED) is 0.767. The highest BCUT2D eigenvalue weighted by Gasteiger charge is 2.35. The van der Waals surface area contributed by atoms with Gasteiger partial charge in [0.15, 0.2) is 6.61 Å². The van der Waals surface area contributed by atoms with E-state index in [1.807, 2.05) is 0 Å². The fourth-order valence-electron chi connectivity index (χ4n) is 3.14. The van der Waals surface area contributed by atoms with Crippen molar-refractivity contribution in [3.8, 4) is 5.88 Å². The number of carbonyl (C=O) groups excluding carboxylic acids is 2. The Hall–Kier alpha value is -3.24. The number of aryl methyl sites for hydroxylation is 1. The fourth-order valence-corrected chi connectivity index (χ4v) is 3.14. The lowest BCUT2D eigenvalue weighted by atomic mass is 10.1. The second kappa shape index (κ2) is 8.25. The molecule has 0 saturated carbocycles. The molecule has 1 unspecified atom stereocenters. The van der Waals surface area contributed by atoms with Crippen molar-refractivity contribution in [2.45, 2.75) is 39.5 Å². The third-order valence-corrected chi connectivity index (χ3v) is 4.62. The smallest absolute Gasteiger partial charge is 0.422 e. The molecule has 0 fully saturated rings. The van der Waals surface area contributed by atoms with Crippen LogP contribution < -0.4 is 10.1 Å². The maximum Gasteiger partial charge on any atom is 0.422 e. The van der Waals surface area contributed by atoms with Gasteiger partial charge in [-0.1, -0.05) is 0 Å². The fraction of sp³-hybridized carbons (Fsp3) is 0.421. The number of amides is 2. The van der Waals surface area contributed by atoms with Crippen molar-refractivity contribution in [1.29, 1.82) is 0 Å². The van der Waals surface area contributed by atoms with E-state index in [2.05, 4.69) is 25.0 Å². The lowest BCUT2D eigenvalue weighted by molar-refractivity contribution is -0.154. The third kappa shape index (κ3) is 4.34. The van der Waals surface area contributed by atoms with Crippen molar-refractivity contribution in [3.63, 3.8) is 0 Å². The van der Waals surface area contributed by atoms with Crippen molar-refractivity contribution < 1.29 is 27.5 Å². The van der Waals surface area contributed by atoms with Crippen LogP contribution in [-0.4, -0.2) is 51.0 Å². The van der Waals surface area contributed by atoms with Gasteiger partial charge in [-0.3, -0.25) is 14.6 Å². The molecule has 11 heteroatoms. The number of hydrogen-bond acceptors (Lipinski definition) is 6. The first-order chi connectivity index (χ1) is 14.1. The van der Waals surface area contributed by atoms with Gasteiger partial charge in [-0.15, -0.1) is 0 Å². The van der Waals surface area contributed by atoms with Gasteiger partial charge in [-0.2, -0.15) is 13.2 Å². The number of ether oxygens (including phenoxy) is 1. The van der Waals surface area contributed by atoms with E-state index in [1.54, 1.807) is 19.9 Å². The first-order valence-electron chi connectivity index (χ1n) is 9.22. The SMILES string of the molecule is CCNC(=O)c1nccc2c1CN(C(C)c1cnc(OCC(F)(F)F)c(C)n1)C2=O. The largest absolute Gasteiger partial charge is 0.467 e. The van der Waals surface area contributed by atoms with Crippen LogP contribution in [0.1, 0.15) is 57.7 Å². The molecule has 0 aromatic carbocycles. The predicted molar refractivity (Wildman–Crippen MR) is 98.9 cm³/mol. The highest BCUT2D eigenvalue weighted by molar-refractivity contribution is 6.03. The number of fused-ring (bicyclic) bond motifs is 1. The Morgan fingerprint density at radius 2 is 2.10 bits per heavy atom. The molecule has 0 spiro atoms. The van der Waals surface area contributed by atoms with Crippen LogP contribution in [0, 0.1) is 6.92 Å². The van der Waals surface area contributed by atoms with Gasteiger partial charge < -0.3 is 15.0 Å². The highest BCUT2D eigenvalue weighted by atomic mass is 19.4. The van der Waals surface area contributed by atoms with E-state index in [0.717, 1.165) is 0 Å². The standard InChI is InChI=1S/C19H20F3N5O3/c1-4-23-16(28)15-13-8-27(18(29)12(13)5-6-24-15)11(3)14-7-25-17(10(2)26-14)30-9-19(20,21)22/h5-7,11H,4,8-9H2,1-3H3,(H,23,28). The molecule has 1 atom stereocenters. The summed E-state index contributed by atoms with van der Waals surface area (Å²) in [7, 11) is 0. The van der Waals surface area contributed by atoms with Gasteiger partial charge in [0.25, 0.3) is 11.8 Å². The minimum atomic E-state index is -4.48. The number of pyridine rings is 1. The van der Waals surface area contributed by atoms with Crippen LogP contribution in [0.5, 0.6) is 5.88 Å². The summed E-state index contributed by atoms with van der Waals surface area (Å²) in [4.78, 5) is 38.9. The van der Waals surface area contributed by atoms with Gasteiger partial charge >= 0.3 is 6.18 Å². The minimum Gasteiger partial charge on any atom is -0.467 e. The van der Waals surface area contributed by atoms with Gasteiger partial charge in [0.2, 0.25) is 5.88 Å². The van der Waals surface area contributed by atoms with Crippen molar-refractivity contribution >= 4 is 11.8 Å². The molecule has 1 N–H and O–H groups in total. The number of hydrogen-bond donors (Lipinski definition) is 1. The Labute approximate surface area is 170 Å². The van der Waals surface area contributed by atoms with Crippen LogP contribution in [0.4, 0.5) is 13.2 Å². The summed E-state index contributed by atoms with van der Waals surface area (Å²) in [5, 5.41) is 2.67. The van der Waals surface area contributed by atoms with Crippen LogP contribution >= 0.6 is 0 Å². The maximum absolute atomic E-state index is 12.9. The Morgan fingerprint density at radius 3 is 2.73 bits per heavy atom. The summed E-state index contributed by atoms with van der Waals surface area (Å²) in [6, 6.07) is 1.02. The minimum absolute atomic E-state index is 0.155. The lowest BCUT2D eigenvalue weighted by Crippen LogP contribution is -2.28. The van der Waals surface area contributed by atoms with Gasteiger partial charge in [0.1, 0.15) is 5.69 Å². The van der Waals surface area contributed by atoms with Crippen LogP contribution in [0.25, 0.3) is 0 Å². The number of halogens is 3. The molecule has 0 radical (unpaired) electrons. The zero-order valence-corrected chi connectivity index (χ0v) is 16.6. The first kappa shape index (κ1) is 21.5. The third-order valence-electron chi connectivity index (χ3n) is 4.62. The van der Waals surface area contributed by atoms with E-state index >= 15 is 0 Å². The number of alkyl halides is 3. The zero-order chi connectivity index (χ0) is 22.1. The van der Waals surface area contributed by atoms with Crippen molar-refractivity contribution in [3.05, 3.63) is 46.7 Å². The molecule has 160 valence electrons. The molecule has 0 saturated heterocycles. The Morgan fingerprint density at radius 1 is 1.37 bits per heavy atom. The molecular weight excluding hydrogens is 403 g/mol. The number of rotatable bonds is 6. The van der Waals surface area contributed by atoms with E-state index in [1.165, 1.54) is 24.2 Å². The van der Waals surface area contributed by atoms with Crippen molar-refractivity contribution in [1.82, 2.24) is 25.2 Å². The normalized spacial score (nSPS) is 14.5. The molecule has 8 nitrogen and oxygen atoms in total. The Balaban J connectivity index is 1.81. The zero-order valence-electron chi connectivity index (χ0n) is 16.6. The highest BCUT2D eigenvalue weighted by Crippen LogP contribution is 2.32. The van der Waals surface area contributed by atoms with E-state index in [4.69, 9.17) is 0 Å². The van der Waals surface area contributed by atoms with Crippen molar-refractivity contribution in [2.75, 3.05) is 13.2 Å². The Bertz CT molecular complexity index is 980. The van der Waals surface area contributed by atoms with Crippen LogP contribution in [-0.2, 0) is 6.54 Å². The maximum atomic E-state index is 12.9. The second-order valence-corrected chi connectivity index (χ2v) is 6.74. The number of aromatic nitrogens is 3. The van der Waals surface area contributed by atoms with E-state index in [-0.39, 0.29) is 35.6 Å². The molecule has 2 aromatic rings. The van der Waals surface area contributed by atoms with E-state index < -0.39 is 18.8 Å². The van der Waals surface area contributed by atoms with Crippen molar-refractivity contribution in [2.24, 2.45) is 0 Å². The summed E-state index contributed by atoms with van der Waals surface area (Å²) < 4.78 is 41.7.